The van der Waals surface area contributed by atoms with Gasteiger partial charge in [-0.25, -0.2) is 0 Å². The number of para-hydroxylation sites is 2. The number of hydrogen-bond acceptors (Lipinski definition) is 3. The van der Waals surface area contributed by atoms with E-state index >= 15 is 0 Å². The Morgan fingerprint density at radius 3 is 2.48 bits per heavy atom. The Hall–Kier alpha value is -3.21. The Bertz CT molecular complexity index is 959. The number of nitrogens with zero attached hydrogens (tertiary/aromatic N) is 1. The first-order valence-electron chi connectivity index (χ1n) is 8.27. The second-order valence-corrected chi connectivity index (χ2v) is 6.12. The zero-order valence-electron chi connectivity index (χ0n) is 13.5. The van der Waals surface area contributed by atoms with Crippen molar-refractivity contribution in [1.29, 1.82) is 0 Å². The van der Waals surface area contributed by atoms with Gasteiger partial charge in [0.1, 0.15) is 0 Å². The molecule has 0 unspecified atom stereocenters. The summed E-state index contributed by atoms with van der Waals surface area (Å²) in [5.74, 6) is -0.414. The van der Waals surface area contributed by atoms with Gasteiger partial charge in [0.25, 0.3) is 11.8 Å². The number of nitrogens with one attached hydrogen (secondary N) is 2. The van der Waals surface area contributed by atoms with E-state index in [2.05, 4.69) is 15.6 Å². The van der Waals surface area contributed by atoms with Crippen LogP contribution in [0.2, 0.25) is 0 Å². The lowest BCUT2D eigenvalue weighted by molar-refractivity contribution is 0.0952. The van der Waals surface area contributed by atoms with E-state index in [1.807, 2.05) is 24.3 Å². The fraction of sp³-hybridized carbons (Fsp3) is 0.150. The van der Waals surface area contributed by atoms with E-state index in [4.69, 9.17) is 0 Å². The summed E-state index contributed by atoms with van der Waals surface area (Å²) in [6.07, 6.45) is 3.65. The lowest BCUT2D eigenvalue weighted by Gasteiger charge is -2.12. The Labute approximate surface area is 145 Å². The highest BCUT2D eigenvalue weighted by molar-refractivity contribution is 6.14. The SMILES string of the molecule is O=C(NC1CC1)c1ccccc1NC(=O)c1ccnc2ccccc12. The van der Waals surface area contributed by atoms with Crippen molar-refractivity contribution in [1.82, 2.24) is 10.3 Å². The van der Waals surface area contributed by atoms with Gasteiger partial charge in [-0.05, 0) is 37.1 Å². The van der Waals surface area contributed by atoms with Crippen molar-refractivity contribution < 1.29 is 9.59 Å². The summed E-state index contributed by atoms with van der Waals surface area (Å²) in [7, 11) is 0. The molecular formula is C20H17N3O2. The van der Waals surface area contributed by atoms with Crippen LogP contribution in [0, 0.1) is 0 Å². The van der Waals surface area contributed by atoms with Crippen LogP contribution in [0.15, 0.2) is 60.8 Å². The average Bonchev–Trinajstić information content (AvgIpc) is 3.45. The van der Waals surface area contributed by atoms with E-state index in [9.17, 15) is 9.59 Å². The summed E-state index contributed by atoms with van der Waals surface area (Å²) in [5, 5.41) is 6.60. The molecule has 124 valence electrons. The quantitative estimate of drug-likeness (QED) is 0.770. The Kier molecular flexibility index (Phi) is 3.90. The summed E-state index contributed by atoms with van der Waals surface area (Å²) < 4.78 is 0. The first kappa shape index (κ1) is 15.3. The molecule has 3 aromatic rings. The minimum Gasteiger partial charge on any atom is -0.349 e. The Morgan fingerprint density at radius 2 is 1.64 bits per heavy atom. The van der Waals surface area contributed by atoms with Gasteiger partial charge in [0.05, 0.1) is 22.3 Å². The van der Waals surface area contributed by atoms with Gasteiger partial charge in [0.2, 0.25) is 0 Å². The molecule has 0 radical (unpaired) electrons. The Morgan fingerprint density at radius 1 is 0.880 bits per heavy atom. The minimum atomic E-state index is -0.259. The third-order valence-electron chi connectivity index (χ3n) is 4.23. The van der Waals surface area contributed by atoms with Gasteiger partial charge in [-0.15, -0.1) is 0 Å². The van der Waals surface area contributed by atoms with Crippen molar-refractivity contribution in [3.05, 3.63) is 71.9 Å². The number of anilines is 1. The molecule has 4 rings (SSSR count). The predicted molar refractivity (Wildman–Crippen MR) is 96.6 cm³/mol. The molecule has 5 heteroatoms. The molecule has 1 fully saturated rings. The van der Waals surface area contributed by atoms with Crippen molar-refractivity contribution >= 4 is 28.4 Å². The minimum absolute atomic E-state index is 0.155. The molecule has 2 aromatic carbocycles. The number of carbonyl (C=O) groups excluding carboxylic acids is 2. The summed E-state index contributed by atoms with van der Waals surface area (Å²) >= 11 is 0. The van der Waals surface area contributed by atoms with E-state index in [1.165, 1.54) is 0 Å². The number of hydrogen-bond donors (Lipinski definition) is 2. The molecule has 2 N–H and O–H groups in total. The molecule has 0 atom stereocenters. The molecular weight excluding hydrogens is 314 g/mol. The largest absolute Gasteiger partial charge is 0.349 e. The second kappa shape index (κ2) is 6.36. The lowest BCUT2D eigenvalue weighted by Crippen LogP contribution is -2.27. The number of amides is 2. The topological polar surface area (TPSA) is 71.1 Å². The maximum atomic E-state index is 12.8. The number of fused-ring (bicyclic) bond motifs is 1. The molecule has 1 aliphatic rings. The highest BCUT2D eigenvalue weighted by Gasteiger charge is 2.25. The molecule has 5 nitrogen and oxygen atoms in total. The molecule has 0 spiro atoms. The number of rotatable bonds is 4. The van der Waals surface area contributed by atoms with Crippen LogP contribution in [0.4, 0.5) is 5.69 Å². The van der Waals surface area contributed by atoms with Crippen LogP contribution < -0.4 is 10.6 Å². The van der Waals surface area contributed by atoms with E-state index in [0.29, 0.717) is 16.8 Å². The number of pyridine rings is 1. The molecule has 1 heterocycles. The van der Waals surface area contributed by atoms with Crippen LogP contribution in [0.3, 0.4) is 0 Å². The first-order valence-corrected chi connectivity index (χ1v) is 8.27. The van der Waals surface area contributed by atoms with Crippen LogP contribution in [-0.4, -0.2) is 22.8 Å². The summed E-state index contributed by atoms with van der Waals surface area (Å²) in [4.78, 5) is 29.4. The average molecular weight is 331 g/mol. The number of aromatic nitrogens is 1. The maximum Gasteiger partial charge on any atom is 0.256 e. The van der Waals surface area contributed by atoms with Crippen LogP contribution in [0.5, 0.6) is 0 Å². The monoisotopic (exact) mass is 331 g/mol. The van der Waals surface area contributed by atoms with E-state index in [-0.39, 0.29) is 17.9 Å². The van der Waals surface area contributed by atoms with Gasteiger partial charge in [-0.1, -0.05) is 30.3 Å². The normalized spacial score (nSPS) is 13.4. The van der Waals surface area contributed by atoms with Crippen LogP contribution in [0.25, 0.3) is 10.9 Å². The smallest absolute Gasteiger partial charge is 0.256 e. The van der Waals surface area contributed by atoms with Crippen LogP contribution in [-0.2, 0) is 0 Å². The number of carbonyl (C=O) groups is 2. The van der Waals surface area contributed by atoms with Gasteiger partial charge in [-0.2, -0.15) is 0 Å². The van der Waals surface area contributed by atoms with Gasteiger partial charge < -0.3 is 10.6 Å². The molecule has 1 aromatic heterocycles. The van der Waals surface area contributed by atoms with E-state index in [1.54, 1.807) is 36.5 Å². The molecule has 0 saturated heterocycles. The van der Waals surface area contributed by atoms with E-state index in [0.717, 1.165) is 23.7 Å². The van der Waals surface area contributed by atoms with Crippen LogP contribution >= 0.6 is 0 Å². The molecule has 25 heavy (non-hydrogen) atoms. The molecule has 1 saturated carbocycles. The standard InChI is InChI=1S/C20H17N3O2/c24-19(15-11-12-21-17-7-3-1-5-14(15)17)23-18-8-4-2-6-16(18)20(25)22-13-9-10-13/h1-8,11-13H,9-10H2,(H,22,25)(H,23,24). The summed E-state index contributed by atoms with van der Waals surface area (Å²) in [6, 6.07) is 16.5. The third kappa shape index (κ3) is 3.21. The van der Waals surface area contributed by atoms with Gasteiger partial charge in [-0.3, -0.25) is 14.6 Å². The second-order valence-electron chi connectivity index (χ2n) is 6.12. The highest BCUT2D eigenvalue weighted by atomic mass is 16.2. The number of benzene rings is 2. The molecule has 1 aliphatic carbocycles. The van der Waals surface area contributed by atoms with Crippen molar-refractivity contribution in [2.45, 2.75) is 18.9 Å². The molecule has 0 aliphatic heterocycles. The fourth-order valence-electron chi connectivity index (χ4n) is 2.76. The molecule has 0 bridgehead atoms. The van der Waals surface area contributed by atoms with Crippen LogP contribution in [0.1, 0.15) is 33.6 Å². The highest BCUT2D eigenvalue weighted by Crippen LogP contribution is 2.23. The zero-order valence-corrected chi connectivity index (χ0v) is 13.5. The van der Waals surface area contributed by atoms with Gasteiger partial charge in [0.15, 0.2) is 0 Å². The van der Waals surface area contributed by atoms with Crippen molar-refractivity contribution in [2.75, 3.05) is 5.32 Å². The first-order chi connectivity index (χ1) is 12.2. The molecule has 2 amide bonds. The maximum absolute atomic E-state index is 12.8. The lowest BCUT2D eigenvalue weighted by atomic mass is 10.1. The van der Waals surface area contributed by atoms with E-state index < -0.39 is 0 Å². The fourth-order valence-corrected chi connectivity index (χ4v) is 2.76. The Balaban J connectivity index is 1.63. The van der Waals surface area contributed by atoms with Crippen molar-refractivity contribution in [2.24, 2.45) is 0 Å². The summed E-state index contributed by atoms with van der Waals surface area (Å²) in [6.45, 7) is 0. The predicted octanol–water partition coefficient (Wildman–Crippen LogP) is 3.38. The van der Waals surface area contributed by atoms with Crippen molar-refractivity contribution in [3.8, 4) is 0 Å². The zero-order chi connectivity index (χ0) is 17.2. The van der Waals surface area contributed by atoms with Gasteiger partial charge >= 0.3 is 0 Å². The third-order valence-corrected chi connectivity index (χ3v) is 4.23. The van der Waals surface area contributed by atoms with Gasteiger partial charge in [0, 0.05) is 17.6 Å². The van der Waals surface area contributed by atoms with Crippen molar-refractivity contribution in [3.63, 3.8) is 0 Å². The summed E-state index contributed by atoms with van der Waals surface area (Å²) in [5.41, 5.74) is 2.27.